The van der Waals surface area contributed by atoms with E-state index in [-0.39, 0.29) is 30.9 Å². The van der Waals surface area contributed by atoms with Gasteiger partial charge >= 0.3 is 0 Å². The Balaban J connectivity index is 1.91. The fraction of sp³-hybridized carbons (Fsp3) is 0.625. The Morgan fingerprint density at radius 1 is 1.35 bits per heavy atom. The molecule has 1 aromatic carbocycles. The maximum atomic E-state index is 13.5. The van der Waals surface area contributed by atoms with Crippen LogP contribution in [0.15, 0.2) is 24.3 Å². The van der Waals surface area contributed by atoms with Crippen molar-refractivity contribution in [2.24, 2.45) is 5.92 Å². The van der Waals surface area contributed by atoms with E-state index in [9.17, 15) is 4.39 Å². The molecule has 0 aliphatic carbocycles. The highest BCUT2D eigenvalue weighted by Crippen LogP contribution is 2.23. The van der Waals surface area contributed by atoms with Crippen LogP contribution in [0.4, 0.5) is 4.39 Å². The van der Waals surface area contributed by atoms with E-state index >= 15 is 0 Å². The molecule has 4 heteroatoms. The molecule has 112 valence electrons. The van der Waals surface area contributed by atoms with Gasteiger partial charge in [0.15, 0.2) is 6.29 Å². The topological polar surface area (TPSA) is 27.7 Å². The predicted octanol–water partition coefficient (Wildman–Crippen LogP) is 3.52. The van der Waals surface area contributed by atoms with Crippen LogP contribution in [-0.2, 0) is 20.8 Å². The minimum absolute atomic E-state index is 0.00271. The van der Waals surface area contributed by atoms with E-state index < -0.39 is 0 Å². The Kier molecular flexibility index (Phi) is 5.52. The minimum atomic E-state index is -0.238. The van der Waals surface area contributed by atoms with E-state index in [1.165, 1.54) is 6.07 Å². The van der Waals surface area contributed by atoms with Crippen LogP contribution in [0.3, 0.4) is 0 Å². The van der Waals surface area contributed by atoms with Gasteiger partial charge in [0, 0.05) is 11.5 Å². The maximum absolute atomic E-state index is 13.5. The van der Waals surface area contributed by atoms with Gasteiger partial charge in [-0.3, -0.25) is 0 Å². The largest absolute Gasteiger partial charge is 0.368 e. The number of benzene rings is 1. The Morgan fingerprint density at radius 3 is 2.75 bits per heavy atom. The second-order valence-corrected chi connectivity index (χ2v) is 5.47. The van der Waals surface area contributed by atoms with Gasteiger partial charge in [-0.15, -0.1) is 0 Å². The molecule has 1 aliphatic heterocycles. The first kappa shape index (κ1) is 15.4. The second-order valence-electron chi connectivity index (χ2n) is 5.47. The molecule has 0 aromatic heterocycles. The lowest BCUT2D eigenvalue weighted by Gasteiger charge is -2.37. The quantitative estimate of drug-likeness (QED) is 0.827. The molecule has 0 saturated carbocycles. The predicted molar refractivity (Wildman–Crippen MR) is 74.7 cm³/mol. The molecular weight excluding hydrogens is 259 g/mol. The molecular formula is C16H23FO3. The molecule has 1 aliphatic rings. The normalized spacial score (nSPS) is 26.9. The van der Waals surface area contributed by atoms with Crippen molar-refractivity contribution in [1.29, 1.82) is 0 Å². The zero-order chi connectivity index (χ0) is 14.5. The Morgan fingerprint density at radius 2 is 2.10 bits per heavy atom. The lowest BCUT2D eigenvalue weighted by Crippen LogP contribution is -2.46. The van der Waals surface area contributed by atoms with Crippen molar-refractivity contribution in [2.45, 2.75) is 52.3 Å². The summed E-state index contributed by atoms with van der Waals surface area (Å²) in [6.07, 6.45) is 0.542. The van der Waals surface area contributed by atoms with Crippen LogP contribution in [-0.4, -0.2) is 25.1 Å². The van der Waals surface area contributed by atoms with Gasteiger partial charge in [-0.1, -0.05) is 39.0 Å². The first-order valence-electron chi connectivity index (χ1n) is 7.24. The summed E-state index contributed by atoms with van der Waals surface area (Å²) in [5.41, 5.74) is 0.563. The molecule has 3 atom stereocenters. The van der Waals surface area contributed by atoms with E-state index in [4.69, 9.17) is 14.2 Å². The zero-order valence-electron chi connectivity index (χ0n) is 12.3. The molecule has 1 fully saturated rings. The first-order valence-corrected chi connectivity index (χ1v) is 7.24. The van der Waals surface area contributed by atoms with Crippen molar-refractivity contribution < 1.29 is 18.6 Å². The van der Waals surface area contributed by atoms with Gasteiger partial charge in [0.25, 0.3) is 0 Å². The fourth-order valence-corrected chi connectivity index (χ4v) is 2.27. The third-order valence-electron chi connectivity index (χ3n) is 3.51. The highest BCUT2D eigenvalue weighted by Gasteiger charge is 2.32. The van der Waals surface area contributed by atoms with Crippen LogP contribution in [0.25, 0.3) is 0 Å². The summed E-state index contributed by atoms with van der Waals surface area (Å²) in [7, 11) is 0. The molecule has 1 aromatic rings. The molecule has 2 rings (SSSR count). The molecule has 0 amide bonds. The molecule has 0 bridgehead atoms. The average molecular weight is 282 g/mol. The van der Waals surface area contributed by atoms with Crippen molar-refractivity contribution in [3.05, 3.63) is 35.6 Å². The number of hydrogen-bond donors (Lipinski definition) is 0. The van der Waals surface area contributed by atoms with Gasteiger partial charge in [-0.2, -0.15) is 0 Å². The summed E-state index contributed by atoms with van der Waals surface area (Å²) in [6.45, 7) is 6.94. The molecule has 0 spiro atoms. The van der Waals surface area contributed by atoms with Crippen molar-refractivity contribution in [3.63, 3.8) is 0 Å². The minimum Gasteiger partial charge on any atom is -0.368 e. The Bertz CT molecular complexity index is 422. The number of halogens is 1. The molecule has 1 heterocycles. The van der Waals surface area contributed by atoms with E-state index in [1.807, 2.05) is 6.07 Å². The third kappa shape index (κ3) is 3.78. The van der Waals surface area contributed by atoms with Crippen LogP contribution >= 0.6 is 0 Å². The van der Waals surface area contributed by atoms with Gasteiger partial charge in [0.2, 0.25) is 0 Å². The monoisotopic (exact) mass is 282 g/mol. The molecule has 0 N–H and O–H groups in total. The Labute approximate surface area is 120 Å². The van der Waals surface area contributed by atoms with Gasteiger partial charge in [0.1, 0.15) is 11.9 Å². The number of rotatable bonds is 5. The van der Waals surface area contributed by atoms with Crippen molar-refractivity contribution in [1.82, 2.24) is 0 Å². The van der Waals surface area contributed by atoms with Crippen LogP contribution in [0.1, 0.15) is 32.8 Å². The van der Waals surface area contributed by atoms with Gasteiger partial charge in [0.05, 0.1) is 19.3 Å². The van der Waals surface area contributed by atoms with Crippen LogP contribution in [0.5, 0.6) is 0 Å². The zero-order valence-corrected chi connectivity index (χ0v) is 12.3. The van der Waals surface area contributed by atoms with Gasteiger partial charge < -0.3 is 14.2 Å². The highest BCUT2D eigenvalue weighted by atomic mass is 19.1. The third-order valence-corrected chi connectivity index (χ3v) is 3.51. The maximum Gasteiger partial charge on any atom is 0.160 e. The average Bonchev–Trinajstić information content (AvgIpc) is 2.46. The van der Waals surface area contributed by atoms with Crippen LogP contribution in [0.2, 0.25) is 0 Å². The summed E-state index contributed by atoms with van der Waals surface area (Å²) in [5.74, 6) is 0.0785. The summed E-state index contributed by atoms with van der Waals surface area (Å²) in [5, 5.41) is 0. The standard InChI is InChI=1S/C16H23FO3/c1-4-14-15(10-19-16(20-14)11(2)3)18-9-12-7-5-6-8-13(12)17/h5-8,11,14-16H,4,9-10H2,1-3H3/t14-,15-,16+/m1/s1. The molecule has 20 heavy (non-hydrogen) atoms. The number of ether oxygens (including phenoxy) is 3. The van der Waals surface area contributed by atoms with Crippen LogP contribution in [0, 0.1) is 11.7 Å². The fourth-order valence-electron chi connectivity index (χ4n) is 2.27. The van der Waals surface area contributed by atoms with Crippen molar-refractivity contribution in [3.8, 4) is 0 Å². The summed E-state index contributed by atoms with van der Waals surface area (Å²) in [4.78, 5) is 0. The second kappa shape index (κ2) is 7.16. The molecule has 0 unspecified atom stereocenters. The van der Waals surface area contributed by atoms with E-state index in [2.05, 4.69) is 20.8 Å². The molecule has 1 saturated heterocycles. The number of hydrogen-bond acceptors (Lipinski definition) is 3. The van der Waals surface area contributed by atoms with Gasteiger partial charge in [-0.05, 0) is 12.5 Å². The van der Waals surface area contributed by atoms with Crippen molar-refractivity contribution in [2.75, 3.05) is 6.61 Å². The molecule has 3 nitrogen and oxygen atoms in total. The van der Waals surface area contributed by atoms with Crippen LogP contribution < -0.4 is 0 Å². The lowest BCUT2D eigenvalue weighted by atomic mass is 10.1. The summed E-state index contributed by atoms with van der Waals surface area (Å²) in [6, 6.07) is 6.66. The van der Waals surface area contributed by atoms with E-state index in [0.29, 0.717) is 18.1 Å². The highest BCUT2D eigenvalue weighted by molar-refractivity contribution is 5.16. The Hall–Kier alpha value is -0.970. The van der Waals surface area contributed by atoms with E-state index in [0.717, 1.165) is 6.42 Å². The van der Waals surface area contributed by atoms with E-state index in [1.54, 1.807) is 12.1 Å². The van der Waals surface area contributed by atoms with Gasteiger partial charge in [-0.25, -0.2) is 4.39 Å². The lowest BCUT2D eigenvalue weighted by molar-refractivity contribution is -0.276. The smallest absolute Gasteiger partial charge is 0.160 e. The molecule has 0 radical (unpaired) electrons. The summed E-state index contributed by atoms with van der Waals surface area (Å²) < 4.78 is 30.9. The SMILES string of the molecule is CC[C@H]1O[C@@H](C(C)C)OC[C@H]1OCc1ccccc1F. The first-order chi connectivity index (χ1) is 9.61. The van der Waals surface area contributed by atoms with Crippen molar-refractivity contribution >= 4 is 0 Å². The summed E-state index contributed by atoms with van der Waals surface area (Å²) >= 11 is 0.